The highest BCUT2D eigenvalue weighted by molar-refractivity contribution is 5.97. The van der Waals surface area contributed by atoms with Crippen molar-refractivity contribution in [1.82, 2.24) is 5.43 Å². The standard InChI is InChI=1S/C20H14F4N2O2/c21-13-7-5-12(6-8-13)11-28-17-4-2-1-3-14(17)20(27)26-25-16-10-9-15(22)18(23)19(16)24/h1-10,25H,11H2,(H,26,27). The predicted octanol–water partition coefficient (Wildman–Crippen LogP) is 4.58. The number of nitrogens with one attached hydrogen (secondary N) is 2. The maximum Gasteiger partial charge on any atom is 0.273 e. The lowest BCUT2D eigenvalue weighted by Gasteiger charge is -2.13. The van der Waals surface area contributed by atoms with Gasteiger partial charge >= 0.3 is 0 Å². The highest BCUT2D eigenvalue weighted by Gasteiger charge is 2.16. The Morgan fingerprint density at radius 1 is 0.857 bits per heavy atom. The fourth-order valence-electron chi connectivity index (χ4n) is 2.34. The van der Waals surface area contributed by atoms with E-state index in [1.54, 1.807) is 30.3 Å². The Labute approximate surface area is 157 Å². The summed E-state index contributed by atoms with van der Waals surface area (Å²) in [6.45, 7) is 0.0931. The van der Waals surface area contributed by atoms with Gasteiger partial charge in [-0.2, -0.15) is 0 Å². The van der Waals surface area contributed by atoms with Crippen LogP contribution in [0.3, 0.4) is 0 Å². The van der Waals surface area contributed by atoms with Gasteiger partial charge in [-0.05, 0) is 42.0 Å². The number of para-hydroxylation sites is 1. The van der Waals surface area contributed by atoms with Crippen LogP contribution in [0.4, 0.5) is 23.2 Å². The van der Waals surface area contributed by atoms with Crippen LogP contribution in [0.25, 0.3) is 0 Å². The summed E-state index contributed by atoms with van der Waals surface area (Å²) in [5.74, 6) is -5.27. The Morgan fingerprint density at radius 3 is 2.32 bits per heavy atom. The van der Waals surface area contributed by atoms with Crippen molar-refractivity contribution in [2.24, 2.45) is 0 Å². The van der Waals surface area contributed by atoms with Crippen LogP contribution in [0.5, 0.6) is 5.75 Å². The van der Waals surface area contributed by atoms with E-state index in [0.717, 1.165) is 12.1 Å². The fraction of sp³-hybridized carbons (Fsp3) is 0.0500. The summed E-state index contributed by atoms with van der Waals surface area (Å²) in [6, 6.07) is 13.6. The molecule has 0 bridgehead atoms. The molecule has 0 aliphatic rings. The van der Waals surface area contributed by atoms with Gasteiger partial charge in [0, 0.05) is 0 Å². The Bertz CT molecular complexity index is 994. The predicted molar refractivity (Wildman–Crippen MR) is 94.6 cm³/mol. The van der Waals surface area contributed by atoms with E-state index in [9.17, 15) is 22.4 Å². The Kier molecular flexibility index (Phi) is 5.78. The number of hydrogen-bond acceptors (Lipinski definition) is 3. The number of amides is 1. The first-order valence-corrected chi connectivity index (χ1v) is 8.12. The van der Waals surface area contributed by atoms with Gasteiger partial charge in [-0.15, -0.1) is 0 Å². The van der Waals surface area contributed by atoms with Crippen LogP contribution in [-0.2, 0) is 6.61 Å². The monoisotopic (exact) mass is 390 g/mol. The fourth-order valence-corrected chi connectivity index (χ4v) is 2.34. The van der Waals surface area contributed by atoms with Gasteiger partial charge in [-0.3, -0.25) is 15.6 Å². The summed E-state index contributed by atoms with van der Waals surface area (Å²) < 4.78 is 58.4. The molecule has 0 aliphatic heterocycles. The van der Waals surface area contributed by atoms with Gasteiger partial charge in [-0.1, -0.05) is 24.3 Å². The summed E-state index contributed by atoms with van der Waals surface area (Å²) in [5.41, 5.74) is 4.79. The highest BCUT2D eigenvalue weighted by atomic mass is 19.2. The quantitative estimate of drug-likeness (QED) is 0.368. The van der Waals surface area contributed by atoms with Crippen LogP contribution < -0.4 is 15.6 Å². The van der Waals surface area contributed by atoms with Crippen LogP contribution in [0.1, 0.15) is 15.9 Å². The molecule has 0 fully saturated rings. The van der Waals surface area contributed by atoms with Crippen LogP contribution in [-0.4, -0.2) is 5.91 Å². The summed E-state index contributed by atoms with van der Waals surface area (Å²) in [6.07, 6.45) is 0. The van der Waals surface area contributed by atoms with E-state index >= 15 is 0 Å². The average molecular weight is 390 g/mol. The molecule has 0 radical (unpaired) electrons. The smallest absolute Gasteiger partial charge is 0.273 e. The third kappa shape index (κ3) is 4.40. The van der Waals surface area contributed by atoms with Crippen LogP contribution in [0, 0.1) is 23.3 Å². The van der Waals surface area contributed by atoms with Crippen molar-refractivity contribution in [3.63, 3.8) is 0 Å². The van der Waals surface area contributed by atoms with E-state index < -0.39 is 29.0 Å². The van der Waals surface area contributed by atoms with Crippen LogP contribution in [0.2, 0.25) is 0 Å². The number of carbonyl (C=O) groups is 1. The molecule has 144 valence electrons. The highest BCUT2D eigenvalue weighted by Crippen LogP contribution is 2.21. The minimum absolute atomic E-state index is 0.0931. The van der Waals surface area contributed by atoms with Crippen molar-refractivity contribution < 1.29 is 27.1 Å². The van der Waals surface area contributed by atoms with Gasteiger partial charge in [-0.25, -0.2) is 17.6 Å². The number of anilines is 1. The van der Waals surface area contributed by atoms with E-state index in [4.69, 9.17) is 4.74 Å². The summed E-state index contributed by atoms with van der Waals surface area (Å²) >= 11 is 0. The molecule has 0 unspecified atom stereocenters. The summed E-state index contributed by atoms with van der Waals surface area (Å²) in [4.78, 5) is 12.4. The molecule has 3 rings (SSSR count). The molecule has 0 saturated heterocycles. The van der Waals surface area contributed by atoms with Crippen molar-refractivity contribution in [2.45, 2.75) is 6.61 Å². The van der Waals surface area contributed by atoms with E-state index in [1.165, 1.54) is 18.2 Å². The van der Waals surface area contributed by atoms with E-state index in [0.29, 0.717) is 5.56 Å². The van der Waals surface area contributed by atoms with E-state index in [1.807, 2.05) is 0 Å². The summed E-state index contributed by atoms with van der Waals surface area (Å²) in [5, 5.41) is 0. The maximum absolute atomic E-state index is 13.7. The zero-order chi connectivity index (χ0) is 20.1. The zero-order valence-corrected chi connectivity index (χ0v) is 14.3. The van der Waals surface area contributed by atoms with Crippen LogP contribution >= 0.6 is 0 Å². The first kappa shape index (κ1) is 19.2. The SMILES string of the molecule is O=C(NNc1ccc(F)c(F)c1F)c1ccccc1OCc1ccc(F)cc1. The average Bonchev–Trinajstić information content (AvgIpc) is 2.71. The minimum Gasteiger partial charge on any atom is -0.488 e. The second kappa shape index (κ2) is 8.43. The zero-order valence-electron chi connectivity index (χ0n) is 14.3. The van der Waals surface area contributed by atoms with Crippen molar-refractivity contribution in [3.05, 3.63) is 95.1 Å². The van der Waals surface area contributed by atoms with Crippen molar-refractivity contribution in [2.75, 3.05) is 5.43 Å². The number of benzene rings is 3. The second-order valence-electron chi connectivity index (χ2n) is 5.71. The lowest BCUT2D eigenvalue weighted by Crippen LogP contribution is -2.30. The molecule has 0 aliphatic carbocycles. The molecule has 2 N–H and O–H groups in total. The number of halogens is 4. The molecule has 3 aromatic carbocycles. The lowest BCUT2D eigenvalue weighted by molar-refractivity contribution is 0.0958. The number of carbonyl (C=O) groups excluding carboxylic acids is 1. The van der Waals surface area contributed by atoms with Gasteiger partial charge in [0.15, 0.2) is 17.5 Å². The molecule has 0 spiro atoms. The van der Waals surface area contributed by atoms with Crippen molar-refractivity contribution >= 4 is 11.6 Å². The third-order valence-corrected chi connectivity index (χ3v) is 3.79. The van der Waals surface area contributed by atoms with Gasteiger partial charge in [0.2, 0.25) is 0 Å². The van der Waals surface area contributed by atoms with Gasteiger partial charge in [0.05, 0.1) is 11.3 Å². The van der Waals surface area contributed by atoms with Gasteiger partial charge in [0.1, 0.15) is 18.2 Å². The van der Waals surface area contributed by atoms with Crippen molar-refractivity contribution in [3.8, 4) is 5.75 Å². The molecule has 0 aromatic heterocycles. The minimum atomic E-state index is -1.65. The van der Waals surface area contributed by atoms with Gasteiger partial charge < -0.3 is 4.74 Å². The van der Waals surface area contributed by atoms with E-state index in [-0.39, 0.29) is 23.7 Å². The Hall–Kier alpha value is -3.55. The van der Waals surface area contributed by atoms with Crippen molar-refractivity contribution in [1.29, 1.82) is 0 Å². The molecule has 0 saturated carbocycles. The topological polar surface area (TPSA) is 50.4 Å². The maximum atomic E-state index is 13.7. The lowest BCUT2D eigenvalue weighted by atomic mass is 10.2. The Balaban J connectivity index is 1.68. The molecular formula is C20H14F4N2O2. The number of hydrogen-bond donors (Lipinski definition) is 2. The number of ether oxygens (including phenoxy) is 1. The molecule has 3 aromatic rings. The Morgan fingerprint density at radius 2 is 1.57 bits per heavy atom. The molecule has 1 amide bonds. The molecule has 28 heavy (non-hydrogen) atoms. The number of rotatable bonds is 6. The molecular weight excluding hydrogens is 376 g/mol. The molecule has 8 heteroatoms. The second-order valence-corrected chi connectivity index (χ2v) is 5.71. The summed E-state index contributed by atoms with van der Waals surface area (Å²) in [7, 11) is 0. The molecule has 4 nitrogen and oxygen atoms in total. The first-order chi connectivity index (χ1) is 13.5. The largest absolute Gasteiger partial charge is 0.488 e. The third-order valence-electron chi connectivity index (χ3n) is 3.79. The normalized spacial score (nSPS) is 10.4. The molecule has 0 atom stereocenters. The number of hydrazine groups is 1. The molecule has 0 heterocycles. The first-order valence-electron chi connectivity index (χ1n) is 8.12. The van der Waals surface area contributed by atoms with E-state index in [2.05, 4.69) is 10.9 Å². The van der Waals surface area contributed by atoms with Crippen LogP contribution in [0.15, 0.2) is 60.7 Å². The van der Waals surface area contributed by atoms with Gasteiger partial charge in [0.25, 0.3) is 5.91 Å².